The van der Waals surface area contributed by atoms with E-state index in [4.69, 9.17) is 0 Å². The monoisotopic (exact) mass is 193 g/mol. The Morgan fingerprint density at radius 3 is 2.71 bits per heavy atom. The highest BCUT2D eigenvalue weighted by molar-refractivity contribution is 5.35. The zero-order valence-corrected chi connectivity index (χ0v) is 9.30. The Hall–Kier alpha value is -1.12. The van der Waals surface area contributed by atoms with Gasteiger partial charge in [0.2, 0.25) is 0 Å². The van der Waals surface area contributed by atoms with E-state index in [1.807, 2.05) is 13.0 Å². The van der Waals surface area contributed by atoms with Gasteiger partial charge in [0.25, 0.3) is 0 Å². The summed E-state index contributed by atoms with van der Waals surface area (Å²) >= 11 is 0. The molecule has 1 heterocycles. The van der Waals surface area contributed by atoms with E-state index < -0.39 is 0 Å². The first-order valence-electron chi connectivity index (χ1n) is 5.34. The number of aryl methyl sites for hydroxylation is 2. The van der Waals surface area contributed by atoms with Gasteiger partial charge in [-0.25, -0.2) is 9.97 Å². The number of hydrogen-bond acceptors (Lipinski definition) is 3. The molecule has 1 N–H and O–H groups in total. The zero-order chi connectivity index (χ0) is 10.4. The molecule has 0 bridgehead atoms. The van der Waals surface area contributed by atoms with Crippen LogP contribution in [0.3, 0.4) is 0 Å². The van der Waals surface area contributed by atoms with E-state index in [0.29, 0.717) is 0 Å². The minimum Gasteiger partial charge on any atom is -0.370 e. The Bertz CT molecular complexity index is 284. The quantitative estimate of drug-likeness (QED) is 0.730. The molecular weight excluding hydrogens is 174 g/mol. The van der Waals surface area contributed by atoms with Gasteiger partial charge in [-0.05, 0) is 19.8 Å². The molecule has 0 aliphatic carbocycles. The summed E-state index contributed by atoms with van der Waals surface area (Å²) in [6.07, 6.45) is 3.36. The van der Waals surface area contributed by atoms with Gasteiger partial charge in [0.15, 0.2) is 0 Å². The van der Waals surface area contributed by atoms with Gasteiger partial charge in [0, 0.05) is 18.3 Å². The summed E-state index contributed by atoms with van der Waals surface area (Å²) in [6.45, 7) is 7.22. The molecule has 0 fully saturated rings. The lowest BCUT2D eigenvalue weighted by atomic mass is 10.3. The average molecular weight is 193 g/mol. The number of hydrogen-bond donors (Lipinski definition) is 1. The summed E-state index contributed by atoms with van der Waals surface area (Å²) in [4.78, 5) is 8.66. The van der Waals surface area contributed by atoms with Crippen molar-refractivity contribution in [1.82, 2.24) is 9.97 Å². The van der Waals surface area contributed by atoms with Crippen molar-refractivity contribution in [2.45, 2.75) is 40.0 Å². The van der Waals surface area contributed by atoms with Gasteiger partial charge >= 0.3 is 0 Å². The largest absolute Gasteiger partial charge is 0.370 e. The Labute approximate surface area is 86.0 Å². The molecule has 0 spiro atoms. The molecule has 0 saturated heterocycles. The van der Waals surface area contributed by atoms with Crippen LogP contribution in [0.4, 0.5) is 5.82 Å². The standard InChI is InChI=1S/C11H19N3/c1-4-6-7-12-11-8-10(5-2)13-9(3)14-11/h8H,4-7H2,1-3H3,(H,12,13,14). The second-order valence-corrected chi connectivity index (χ2v) is 3.43. The first kappa shape index (κ1) is 11.0. The van der Waals surface area contributed by atoms with Gasteiger partial charge in [-0.2, -0.15) is 0 Å². The predicted octanol–water partition coefficient (Wildman–Crippen LogP) is 2.56. The van der Waals surface area contributed by atoms with Crippen molar-refractivity contribution in [2.24, 2.45) is 0 Å². The van der Waals surface area contributed by atoms with E-state index in [-0.39, 0.29) is 0 Å². The fourth-order valence-electron chi connectivity index (χ4n) is 1.29. The lowest BCUT2D eigenvalue weighted by Gasteiger charge is -2.06. The smallest absolute Gasteiger partial charge is 0.129 e. The van der Waals surface area contributed by atoms with Gasteiger partial charge in [-0.3, -0.25) is 0 Å². The molecule has 0 aliphatic rings. The zero-order valence-electron chi connectivity index (χ0n) is 9.30. The summed E-state index contributed by atoms with van der Waals surface area (Å²) in [6, 6.07) is 2.03. The molecule has 14 heavy (non-hydrogen) atoms. The maximum Gasteiger partial charge on any atom is 0.129 e. The molecule has 3 heteroatoms. The summed E-state index contributed by atoms with van der Waals surface area (Å²) in [5, 5.41) is 3.31. The maximum absolute atomic E-state index is 4.33. The SMILES string of the molecule is CCCCNc1cc(CC)nc(C)n1. The minimum atomic E-state index is 0.850. The first-order valence-corrected chi connectivity index (χ1v) is 5.34. The van der Waals surface area contributed by atoms with Crippen molar-refractivity contribution >= 4 is 5.82 Å². The van der Waals surface area contributed by atoms with Crippen LogP contribution in [0, 0.1) is 6.92 Å². The van der Waals surface area contributed by atoms with Crippen molar-refractivity contribution < 1.29 is 0 Å². The minimum absolute atomic E-state index is 0.850. The Morgan fingerprint density at radius 1 is 1.29 bits per heavy atom. The van der Waals surface area contributed by atoms with E-state index >= 15 is 0 Å². The molecule has 1 aromatic heterocycles. The van der Waals surface area contributed by atoms with Crippen LogP contribution in [0.2, 0.25) is 0 Å². The number of aromatic nitrogens is 2. The van der Waals surface area contributed by atoms with E-state index in [1.165, 1.54) is 12.8 Å². The van der Waals surface area contributed by atoms with Crippen LogP contribution in [-0.2, 0) is 6.42 Å². The molecule has 1 aromatic rings. The highest BCUT2D eigenvalue weighted by Crippen LogP contribution is 2.07. The predicted molar refractivity (Wildman–Crippen MR) is 59.5 cm³/mol. The summed E-state index contributed by atoms with van der Waals surface area (Å²) in [7, 11) is 0. The molecule has 0 aromatic carbocycles. The van der Waals surface area contributed by atoms with Gasteiger partial charge in [0.1, 0.15) is 11.6 Å². The van der Waals surface area contributed by atoms with Crippen LogP contribution >= 0.6 is 0 Å². The van der Waals surface area contributed by atoms with Crippen molar-refractivity contribution in [3.8, 4) is 0 Å². The fraction of sp³-hybridized carbons (Fsp3) is 0.636. The van der Waals surface area contributed by atoms with Gasteiger partial charge in [-0.15, -0.1) is 0 Å². The number of unbranched alkanes of at least 4 members (excludes halogenated alkanes) is 1. The molecule has 0 amide bonds. The topological polar surface area (TPSA) is 37.8 Å². The van der Waals surface area contributed by atoms with Crippen molar-refractivity contribution in [2.75, 3.05) is 11.9 Å². The van der Waals surface area contributed by atoms with E-state index in [0.717, 1.165) is 30.3 Å². The molecule has 0 saturated carbocycles. The lowest BCUT2D eigenvalue weighted by Crippen LogP contribution is -2.05. The number of nitrogens with zero attached hydrogens (tertiary/aromatic N) is 2. The fourth-order valence-corrected chi connectivity index (χ4v) is 1.29. The van der Waals surface area contributed by atoms with Crippen LogP contribution in [-0.4, -0.2) is 16.5 Å². The molecule has 3 nitrogen and oxygen atoms in total. The second kappa shape index (κ2) is 5.58. The van der Waals surface area contributed by atoms with Crippen LogP contribution in [0.25, 0.3) is 0 Å². The van der Waals surface area contributed by atoms with Crippen LogP contribution < -0.4 is 5.32 Å². The Morgan fingerprint density at radius 2 is 2.07 bits per heavy atom. The third-order valence-corrected chi connectivity index (χ3v) is 2.09. The van der Waals surface area contributed by atoms with E-state index in [2.05, 4.69) is 29.1 Å². The molecule has 0 radical (unpaired) electrons. The van der Waals surface area contributed by atoms with Gasteiger partial charge in [-0.1, -0.05) is 20.3 Å². The van der Waals surface area contributed by atoms with Crippen molar-refractivity contribution in [1.29, 1.82) is 0 Å². The second-order valence-electron chi connectivity index (χ2n) is 3.43. The molecule has 0 atom stereocenters. The molecular formula is C11H19N3. The molecule has 1 rings (SSSR count). The normalized spacial score (nSPS) is 10.2. The lowest BCUT2D eigenvalue weighted by molar-refractivity contribution is 0.827. The van der Waals surface area contributed by atoms with Crippen LogP contribution in [0.1, 0.15) is 38.2 Å². The van der Waals surface area contributed by atoms with E-state index in [9.17, 15) is 0 Å². The third-order valence-electron chi connectivity index (χ3n) is 2.09. The summed E-state index contributed by atoms with van der Waals surface area (Å²) in [5.74, 6) is 1.81. The third kappa shape index (κ3) is 3.32. The van der Waals surface area contributed by atoms with Gasteiger partial charge < -0.3 is 5.32 Å². The number of nitrogens with one attached hydrogen (secondary N) is 1. The molecule has 0 unspecified atom stereocenters. The molecule has 0 aliphatic heterocycles. The van der Waals surface area contributed by atoms with Crippen LogP contribution in [0.15, 0.2) is 6.07 Å². The van der Waals surface area contributed by atoms with Crippen molar-refractivity contribution in [3.05, 3.63) is 17.6 Å². The highest BCUT2D eigenvalue weighted by Gasteiger charge is 1.98. The van der Waals surface area contributed by atoms with Crippen molar-refractivity contribution in [3.63, 3.8) is 0 Å². The van der Waals surface area contributed by atoms with Crippen LogP contribution in [0.5, 0.6) is 0 Å². The Kier molecular flexibility index (Phi) is 4.36. The maximum atomic E-state index is 4.33. The summed E-state index contributed by atoms with van der Waals surface area (Å²) < 4.78 is 0. The number of anilines is 1. The highest BCUT2D eigenvalue weighted by atomic mass is 15.0. The van der Waals surface area contributed by atoms with Gasteiger partial charge in [0.05, 0.1) is 0 Å². The average Bonchev–Trinajstić information content (AvgIpc) is 2.17. The summed E-state index contributed by atoms with van der Waals surface area (Å²) in [5.41, 5.74) is 1.11. The number of rotatable bonds is 5. The Balaban J connectivity index is 2.62. The molecule has 78 valence electrons. The first-order chi connectivity index (χ1) is 6.76. The van der Waals surface area contributed by atoms with E-state index in [1.54, 1.807) is 0 Å².